The summed E-state index contributed by atoms with van der Waals surface area (Å²) in [6, 6.07) is 0. The molecule has 4 atom stereocenters. The predicted octanol–water partition coefficient (Wildman–Crippen LogP) is -4.09. The van der Waals surface area contributed by atoms with Gasteiger partial charge in [0.15, 0.2) is 5.96 Å². The Bertz CT molecular complexity index is 666. The molecular formula is C10H23N3O14P2. The Morgan fingerprint density at radius 2 is 1.69 bits per heavy atom. The van der Waals surface area contributed by atoms with Crippen molar-refractivity contribution in [3.63, 3.8) is 0 Å². The molecule has 0 aromatic rings. The molecule has 0 amide bonds. The maximum Gasteiger partial charge on any atom is 0.469 e. The topological polar surface area (TPSA) is 294 Å². The number of carbonyl (C=O) groups is 1. The molecule has 19 heteroatoms. The molecule has 0 radical (unpaired) electrons. The molecular weight excluding hydrogens is 448 g/mol. The van der Waals surface area contributed by atoms with E-state index in [-0.39, 0.29) is 12.5 Å². The molecule has 1 heterocycles. The molecule has 0 aromatic heterocycles. The summed E-state index contributed by atoms with van der Waals surface area (Å²) in [6.07, 6.45) is -5.38. The minimum absolute atomic E-state index is 0.227. The van der Waals surface area contributed by atoms with Crippen LogP contribution in [0.1, 0.15) is 0 Å². The van der Waals surface area contributed by atoms with Gasteiger partial charge in [0.25, 0.3) is 0 Å². The third-order valence-electron chi connectivity index (χ3n) is 3.15. The Hall–Kier alpha value is -1.20. The zero-order chi connectivity index (χ0) is 23.2. The fraction of sp³-hybridized carbons (Fsp3) is 0.800. The summed E-state index contributed by atoms with van der Waals surface area (Å²) in [4.78, 5) is 44.9. The number of phosphoric ester groups is 2. The fourth-order valence-corrected chi connectivity index (χ4v) is 2.45. The van der Waals surface area contributed by atoms with Crippen molar-refractivity contribution in [2.24, 2.45) is 5.73 Å². The van der Waals surface area contributed by atoms with E-state index in [4.69, 9.17) is 35.8 Å². The number of guanidine groups is 1. The van der Waals surface area contributed by atoms with Crippen molar-refractivity contribution >= 4 is 27.6 Å². The van der Waals surface area contributed by atoms with Crippen LogP contribution in [0.3, 0.4) is 0 Å². The number of aliphatic hydroxyl groups excluding tert-OH is 2. The lowest BCUT2D eigenvalue weighted by Crippen LogP contribution is -2.46. The van der Waals surface area contributed by atoms with Crippen LogP contribution >= 0.6 is 15.6 Å². The van der Waals surface area contributed by atoms with Crippen LogP contribution in [0.25, 0.3) is 0 Å². The van der Waals surface area contributed by atoms with E-state index in [1.54, 1.807) is 0 Å². The van der Waals surface area contributed by atoms with Crippen LogP contribution in [0.15, 0.2) is 0 Å². The molecule has 1 fully saturated rings. The van der Waals surface area contributed by atoms with Gasteiger partial charge < -0.3 is 55.4 Å². The molecule has 1 rings (SSSR count). The van der Waals surface area contributed by atoms with Crippen molar-refractivity contribution in [1.82, 2.24) is 4.90 Å². The first-order valence-corrected chi connectivity index (χ1v) is 10.4. The van der Waals surface area contributed by atoms with Gasteiger partial charge in [-0.05, 0) is 0 Å². The second-order valence-electron chi connectivity index (χ2n) is 5.62. The highest BCUT2D eigenvalue weighted by atomic mass is 31.2. The maximum absolute atomic E-state index is 10.5. The molecule has 172 valence electrons. The largest absolute Gasteiger partial charge is 0.480 e. The zero-order valence-electron chi connectivity index (χ0n) is 14.8. The van der Waals surface area contributed by atoms with Crippen molar-refractivity contribution in [3.8, 4) is 0 Å². The van der Waals surface area contributed by atoms with Gasteiger partial charge in [0, 0.05) is 7.05 Å². The van der Waals surface area contributed by atoms with Crippen molar-refractivity contribution in [1.29, 1.82) is 5.41 Å². The molecule has 17 nitrogen and oxygen atoms in total. The SMILES string of the molecule is CN(CC(=O)O)C(=N)N.O=P(O)(O)OC[C@H]1O[C@](O)(COP(=O)(O)O)[C@@H](O)[C@@H]1O. The smallest absolute Gasteiger partial charge is 0.469 e. The summed E-state index contributed by atoms with van der Waals surface area (Å²) in [7, 11) is -8.37. The normalized spacial score (nSPS) is 27.1. The number of hydrogen-bond acceptors (Lipinski definition) is 10. The molecule has 0 unspecified atom stereocenters. The molecule has 0 aromatic carbocycles. The molecule has 1 aliphatic heterocycles. The molecule has 0 bridgehead atoms. The summed E-state index contributed by atoms with van der Waals surface area (Å²) >= 11 is 0. The molecule has 0 saturated carbocycles. The first kappa shape index (κ1) is 27.8. The van der Waals surface area contributed by atoms with Gasteiger partial charge in [-0.2, -0.15) is 0 Å². The number of rotatable bonds is 8. The number of ether oxygens (including phenoxy) is 1. The van der Waals surface area contributed by atoms with Gasteiger partial charge in [0.1, 0.15) is 31.5 Å². The second kappa shape index (κ2) is 10.7. The number of phosphoric acid groups is 2. The van der Waals surface area contributed by atoms with E-state index in [2.05, 4.69) is 13.8 Å². The van der Waals surface area contributed by atoms with Crippen LogP contribution in [0.4, 0.5) is 0 Å². The molecule has 1 aliphatic rings. The highest BCUT2D eigenvalue weighted by Crippen LogP contribution is 2.41. The van der Waals surface area contributed by atoms with Crippen LogP contribution in [0.5, 0.6) is 0 Å². The number of nitrogens with zero attached hydrogens (tertiary/aromatic N) is 1. The standard InChI is InChI=1S/C6H14O12P2.C4H9N3O2/c7-4-3(1-16-19(10,11)12)18-6(9,5(4)8)2-17-20(13,14)15;1-7(4(5)6)2-3(8)9/h3-5,7-9H,1-2H2,(H2,10,11,12)(H2,13,14,15);2H2,1H3,(H3,5,6)(H,8,9)/t3-,4-,5+,6-;/m1./s1. The van der Waals surface area contributed by atoms with Crippen LogP contribution < -0.4 is 5.73 Å². The number of likely N-dealkylation sites (N-methyl/N-ethyl adjacent to an activating group) is 1. The predicted molar refractivity (Wildman–Crippen MR) is 90.0 cm³/mol. The summed E-state index contributed by atoms with van der Waals surface area (Å²) in [6.45, 7) is -2.28. The number of nitrogens with two attached hydrogens (primary N) is 1. The summed E-state index contributed by atoms with van der Waals surface area (Å²) < 4.78 is 33.6. The van der Waals surface area contributed by atoms with Gasteiger partial charge in [-0.1, -0.05) is 0 Å². The van der Waals surface area contributed by atoms with Gasteiger partial charge in [-0.15, -0.1) is 0 Å². The Kier molecular flexibility index (Phi) is 10.3. The zero-order valence-corrected chi connectivity index (χ0v) is 16.6. The first-order valence-electron chi connectivity index (χ1n) is 7.31. The summed E-state index contributed by atoms with van der Waals surface area (Å²) in [5.74, 6) is -3.89. The van der Waals surface area contributed by atoms with Crippen molar-refractivity contribution < 1.29 is 67.7 Å². The Labute approximate surface area is 163 Å². The quantitative estimate of drug-likeness (QED) is 0.0914. The van der Waals surface area contributed by atoms with Crippen LogP contribution in [0, 0.1) is 5.41 Å². The van der Waals surface area contributed by atoms with Crippen molar-refractivity contribution in [2.45, 2.75) is 24.1 Å². The average Bonchev–Trinajstić information content (AvgIpc) is 2.74. The summed E-state index contributed by atoms with van der Waals surface area (Å²) in [5, 5.41) is 43.6. The van der Waals surface area contributed by atoms with E-state index in [9.17, 15) is 29.2 Å². The molecule has 29 heavy (non-hydrogen) atoms. The van der Waals surface area contributed by atoms with Gasteiger partial charge in [-0.3, -0.25) is 19.3 Å². The van der Waals surface area contributed by atoms with Gasteiger partial charge in [0.2, 0.25) is 5.79 Å². The maximum atomic E-state index is 10.5. The Balaban J connectivity index is 0.000000734. The van der Waals surface area contributed by atoms with E-state index in [0.29, 0.717) is 0 Å². The Morgan fingerprint density at radius 3 is 2.03 bits per heavy atom. The van der Waals surface area contributed by atoms with E-state index >= 15 is 0 Å². The summed E-state index contributed by atoms with van der Waals surface area (Å²) in [5.41, 5.74) is 4.93. The molecule has 0 aliphatic carbocycles. The van der Waals surface area contributed by atoms with Crippen molar-refractivity contribution in [3.05, 3.63) is 0 Å². The number of nitrogens with one attached hydrogen (secondary N) is 1. The third kappa shape index (κ3) is 10.9. The fourth-order valence-electron chi connectivity index (χ4n) is 1.76. The lowest BCUT2D eigenvalue weighted by Gasteiger charge is -2.25. The van der Waals surface area contributed by atoms with E-state index in [1.165, 1.54) is 7.05 Å². The number of carboxylic acids is 1. The lowest BCUT2D eigenvalue weighted by atomic mass is 10.1. The second-order valence-corrected chi connectivity index (χ2v) is 8.10. The van der Waals surface area contributed by atoms with Gasteiger partial charge in [-0.25, -0.2) is 9.13 Å². The number of carboxylic acid groups (broad SMARTS) is 1. The lowest BCUT2D eigenvalue weighted by molar-refractivity contribution is -0.245. The highest BCUT2D eigenvalue weighted by molar-refractivity contribution is 7.46. The van der Waals surface area contributed by atoms with Crippen LogP contribution in [-0.4, -0.2) is 108 Å². The number of hydrogen-bond donors (Lipinski definition) is 10. The van der Waals surface area contributed by atoms with Gasteiger partial charge in [0.05, 0.1) is 6.61 Å². The molecule has 1 saturated heterocycles. The number of aliphatic hydroxyl groups is 3. The number of aliphatic carboxylic acids is 1. The monoisotopic (exact) mass is 471 g/mol. The minimum atomic E-state index is -4.96. The first-order chi connectivity index (χ1) is 12.9. The van der Waals surface area contributed by atoms with Crippen LogP contribution in [-0.2, 0) is 27.7 Å². The molecule has 11 N–H and O–H groups in total. The van der Waals surface area contributed by atoms with E-state index < -0.39 is 58.9 Å². The Morgan fingerprint density at radius 1 is 1.21 bits per heavy atom. The molecule has 0 spiro atoms. The van der Waals surface area contributed by atoms with E-state index in [1.807, 2.05) is 0 Å². The van der Waals surface area contributed by atoms with Crippen molar-refractivity contribution in [2.75, 3.05) is 26.8 Å². The van der Waals surface area contributed by atoms with Crippen LogP contribution in [0.2, 0.25) is 0 Å². The minimum Gasteiger partial charge on any atom is -0.480 e. The highest BCUT2D eigenvalue weighted by Gasteiger charge is 2.54. The third-order valence-corrected chi connectivity index (χ3v) is 4.10. The average molecular weight is 471 g/mol. The van der Waals surface area contributed by atoms with E-state index in [0.717, 1.165) is 4.90 Å². The van der Waals surface area contributed by atoms with Gasteiger partial charge >= 0.3 is 21.6 Å².